The van der Waals surface area contributed by atoms with Gasteiger partial charge in [0.2, 0.25) is 0 Å². The zero-order chi connectivity index (χ0) is 14.1. The molecule has 20 heavy (non-hydrogen) atoms. The van der Waals surface area contributed by atoms with Crippen LogP contribution in [-0.2, 0) is 6.42 Å². The Morgan fingerprint density at radius 2 is 2.35 bits per heavy atom. The summed E-state index contributed by atoms with van der Waals surface area (Å²) in [6.07, 6.45) is 0.915. The van der Waals surface area contributed by atoms with Gasteiger partial charge in [0.05, 0.1) is 6.04 Å². The molecule has 0 aliphatic carbocycles. The molecular weight excluding hydrogens is 272 g/mol. The number of nitrogens with two attached hydrogens (primary N) is 1. The maximum atomic E-state index is 12.6. The van der Waals surface area contributed by atoms with Crippen molar-refractivity contribution in [3.8, 4) is 0 Å². The molecule has 0 saturated carbocycles. The number of fused-ring (bicyclic) bond motifs is 1. The Balaban J connectivity index is 1.88. The van der Waals surface area contributed by atoms with Crippen LogP contribution in [0.25, 0.3) is 0 Å². The van der Waals surface area contributed by atoms with Crippen molar-refractivity contribution in [1.29, 1.82) is 0 Å². The van der Waals surface area contributed by atoms with Crippen LogP contribution in [0.2, 0.25) is 0 Å². The summed E-state index contributed by atoms with van der Waals surface area (Å²) in [5.74, 6) is 5.79. The summed E-state index contributed by atoms with van der Waals surface area (Å²) in [7, 11) is 0. The summed E-state index contributed by atoms with van der Waals surface area (Å²) in [5, 5.41) is 2.09. The highest BCUT2D eigenvalue weighted by molar-refractivity contribution is 7.10. The Labute approximate surface area is 121 Å². The highest BCUT2D eigenvalue weighted by Gasteiger charge is 2.29. The van der Waals surface area contributed by atoms with E-state index in [4.69, 9.17) is 5.84 Å². The van der Waals surface area contributed by atoms with E-state index in [1.165, 1.54) is 10.4 Å². The molecule has 0 aromatic carbocycles. The standard InChI is InChI=1S/C14H16N4OS/c1-9-10-6-8-20-12(10)5-7-18(9)14(19)11-3-2-4-13(16-11)17-15/h2-4,6,8-9H,5,7,15H2,1H3,(H,16,17). The normalized spacial score (nSPS) is 17.7. The third-order valence-corrected chi connectivity index (χ3v) is 4.65. The van der Waals surface area contributed by atoms with E-state index in [0.717, 1.165) is 13.0 Å². The third-order valence-electron chi connectivity index (χ3n) is 3.65. The number of carbonyl (C=O) groups is 1. The molecule has 1 atom stereocenters. The lowest BCUT2D eigenvalue weighted by molar-refractivity contribution is 0.0673. The van der Waals surface area contributed by atoms with E-state index in [2.05, 4.69) is 28.8 Å². The first kappa shape index (κ1) is 13.1. The minimum Gasteiger partial charge on any atom is -0.330 e. The van der Waals surface area contributed by atoms with E-state index in [-0.39, 0.29) is 11.9 Å². The van der Waals surface area contributed by atoms with E-state index < -0.39 is 0 Å². The van der Waals surface area contributed by atoms with E-state index in [9.17, 15) is 4.79 Å². The number of carbonyl (C=O) groups excluding carboxylic acids is 1. The number of aromatic nitrogens is 1. The van der Waals surface area contributed by atoms with Crippen LogP contribution in [0.15, 0.2) is 29.6 Å². The fraction of sp³-hybridized carbons (Fsp3) is 0.286. The quantitative estimate of drug-likeness (QED) is 0.656. The second-order valence-corrected chi connectivity index (χ2v) is 5.78. The highest BCUT2D eigenvalue weighted by Crippen LogP contribution is 2.33. The number of hydrogen-bond donors (Lipinski definition) is 2. The third kappa shape index (κ3) is 2.17. The van der Waals surface area contributed by atoms with Crippen molar-refractivity contribution >= 4 is 23.1 Å². The van der Waals surface area contributed by atoms with Crippen LogP contribution in [0.4, 0.5) is 5.82 Å². The van der Waals surface area contributed by atoms with Gasteiger partial charge in [-0.2, -0.15) is 0 Å². The molecule has 0 spiro atoms. The number of amides is 1. The van der Waals surface area contributed by atoms with E-state index in [1.807, 2.05) is 4.90 Å². The van der Waals surface area contributed by atoms with Gasteiger partial charge in [-0.3, -0.25) is 4.79 Å². The molecule has 0 bridgehead atoms. The number of thiophene rings is 1. The Morgan fingerprint density at radius 3 is 3.15 bits per heavy atom. The Bertz CT molecular complexity index is 640. The number of nitrogens with one attached hydrogen (secondary N) is 1. The van der Waals surface area contributed by atoms with Crippen LogP contribution in [0.3, 0.4) is 0 Å². The molecule has 2 aromatic heterocycles. The van der Waals surface area contributed by atoms with Crippen molar-refractivity contribution in [2.75, 3.05) is 12.0 Å². The molecular formula is C14H16N4OS. The van der Waals surface area contributed by atoms with E-state index in [1.54, 1.807) is 29.5 Å². The van der Waals surface area contributed by atoms with Crippen LogP contribution >= 0.6 is 11.3 Å². The first-order valence-electron chi connectivity index (χ1n) is 6.51. The maximum absolute atomic E-state index is 12.6. The summed E-state index contributed by atoms with van der Waals surface area (Å²) >= 11 is 1.76. The van der Waals surface area contributed by atoms with Crippen LogP contribution in [0.5, 0.6) is 0 Å². The monoisotopic (exact) mass is 288 g/mol. The topological polar surface area (TPSA) is 71.2 Å². The highest BCUT2D eigenvalue weighted by atomic mass is 32.1. The molecule has 6 heteroatoms. The molecule has 1 aliphatic heterocycles. The fourth-order valence-corrected chi connectivity index (χ4v) is 3.53. The lowest BCUT2D eigenvalue weighted by Crippen LogP contribution is -2.38. The number of hydrogen-bond acceptors (Lipinski definition) is 5. The predicted octanol–water partition coefficient (Wildman–Crippen LogP) is 2.19. The zero-order valence-corrected chi connectivity index (χ0v) is 12.0. The van der Waals surface area contributed by atoms with Crippen molar-refractivity contribution < 1.29 is 4.79 Å². The van der Waals surface area contributed by atoms with E-state index in [0.29, 0.717) is 11.5 Å². The molecule has 3 heterocycles. The smallest absolute Gasteiger partial charge is 0.273 e. The second kappa shape index (κ2) is 5.22. The number of anilines is 1. The van der Waals surface area contributed by atoms with Gasteiger partial charge in [0.25, 0.3) is 5.91 Å². The summed E-state index contributed by atoms with van der Waals surface area (Å²) in [5.41, 5.74) is 4.14. The van der Waals surface area contributed by atoms with Crippen molar-refractivity contribution in [3.05, 3.63) is 45.8 Å². The van der Waals surface area contributed by atoms with Crippen molar-refractivity contribution in [2.24, 2.45) is 5.84 Å². The van der Waals surface area contributed by atoms with Gasteiger partial charge in [-0.1, -0.05) is 6.07 Å². The van der Waals surface area contributed by atoms with Gasteiger partial charge >= 0.3 is 0 Å². The van der Waals surface area contributed by atoms with Gasteiger partial charge in [-0.15, -0.1) is 11.3 Å². The number of rotatable bonds is 2. The Kier molecular flexibility index (Phi) is 3.42. The fourth-order valence-electron chi connectivity index (χ4n) is 2.57. The van der Waals surface area contributed by atoms with Crippen molar-refractivity contribution in [2.45, 2.75) is 19.4 Å². The van der Waals surface area contributed by atoms with Gasteiger partial charge in [0.1, 0.15) is 11.5 Å². The predicted molar refractivity (Wildman–Crippen MR) is 79.5 cm³/mol. The van der Waals surface area contributed by atoms with Crippen molar-refractivity contribution in [1.82, 2.24) is 9.88 Å². The average Bonchev–Trinajstić information content (AvgIpc) is 2.96. The Hall–Kier alpha value is -1.92. The van der Waals surface area contributed by atoms with Gasteiger partial charge in [0.15, 0.2) is 0 Å². The number of nitrogen functional groups attached to an aromatic ring is 1. The minimum absolute atomic E-state index is 0.0496. The van der Waals surface area contributed by atoms with E-state index >= 15 is 0 Å². The average molecular weight is 288 g/mol. The largest absolute Gasteiger partial charge is 0.330 e. The molecule has 3 N–H and O–H groups in total. The lowest BCUT2D eigenvalue weighted by Gasteiger charge is -2.33. The zero-order valence-electron chi connectivity index (χ0n) is 11.2. The summed E-state index contributed by atoms with van der Waals surface area (Å²) in [6, 6.07) is 7.43. The molecule has 104 valence electrons. The summed E-state index contributed by atoms with van der Waals surface area (Å²) in [6.45, 7) is 2.79. The van der Waals surface area contributed by atoms with Crippen LogP contribution < -0.4 is 11.3 Å². The van der Waals surface area contributed by atoms with Gasteiger partial charge in [-0.25, -0.2) is 10.8 Å². The first-order valence-corrected chi connectivity index (χ1v) is 7.39. The van der Waals surface area contributed by atoms with Crippen LogP contribution in [0.1, 0.15) is 33.9 Å². The number of hydrazine groups is 1. The second-order valence-electron chi connectivity index (χ2n) is 4.78. The van der Waals surface area contributed by atoms with Gasteiger partial charge in [0, 0.05) is 11.4 Å². The molecule has 1 aliphatic rings. The summed E-state index contributed by atoms with van der Waals surface area (Å²) in [4.78, 5) is 20.1. The molecule has 5 nitrogen and oxygen atoms in total. The lowest BCUT2D eigenvalue weighted by atomic mass is 10.0. The molecule has 0 saturated heterocycles. The van der Waals surface area contributed by atoms with Crippen molar-refractivity contribution in [3.63, 3.8) is 0 Å². The van der Waals surface area contributed by atoms with Gasteiger partial charge in [-0.05, 0) is 42.5 Å². The van der Waals surface area contributed by atoms with Crippen LogP contribution in [0, 0.1) is 0 Å². The Morgan fingerprint density at radius 1 is 1.50 bits per heavy atom. The van der Waals surface area contributed by atoms with Gasteiger partial charge < -0.3 is 10.3 Å². The molecule has 1 unspecified atom stereocenters. The molecule has 1 amide bonds. The first-order chi connectivity index (χ1) is 9.70. The number of pyridine rings is 1. The van der Waals surface area contributed by atoms with Crippen LogP contribution in [-0.4, -0.2) is 22.3 Å². The number of nitrogens with zero attached hydrogens (tertiary/aromatic N) is 2. The molecule has 3 rings (SSSR count). The SMILES string of the molecule is CC1c2ccsc2CCN1C(=O)c1cccc(NN)n1. The molecule has 0 fully saturated rings. The molecule has 2 aromatic rings. The summed E-state index contributed by atoms with van der Waals surface area (Å²) < 4.78 is 0. The minimum atomic E-state index is -0.0496. The molecule has 0 radical (unpaired) electrons. The maximum Gasteiger partial charge on any atom is 0.273 e.